The van der Waals surface area contributed by atoms with Crippen molar-refractivity contribution in [2.24, 2.45) is 32.0 Å². The van der Waals surface area contributed by atoms with Gasteiger partial charge in [-0.15, -0.1) is 10.2 Å². The average Bonchev–Trinajstić information content (AvgIpc) is 1.60. The van der Waals surface area contributed by atoms with E-state index in [2.05, 4.69) is 181 Å². The van der Waals surface area contributed by atoms with Crippen LogP contribution in [-0.2, 0) is 35.2 Å². The van der Waals surface area contributed by atoms with E-state index in [1.54, 1.807) is 25.5 Å². The summed E-state index contributed by atoms with van der Waals surface area (Å²) < 4.78 is 16.1. The molecule has 28 heteroatoms. The molecule has 102 heavy (non-hydrogen) atoms. The van der Waals surface area contributed by atoms with Crippen molar-refractivity contribution in [2.45, 2.75) is 188 Å². The fraction of sp³-hybridized carbons (Fsp3) is 0.459. The van der Waals surface area contributed by atoms with Gasteiger partial charge in [0.2, 0.25) is 0 Å². The standard InChI is InChI=1S/C22H25N7.C21H23N7O.C16H18N6.C13H28N2O2Si.C2H4O2/c1-12(2)21-25-14(4)27-29(21)20-11-18(23-13(3)24-20)15-10-16(15)22-26-17-8-6-7-9-19(17)28(22)5;1-11(29)20-24-13(3)26-28(20)19-10-17(22-12(2)23-19)14-9-15(14)21-25-16-7-5-6-8-18(16)27(21)4;1-9-18-13(8-15(19-9)21-17)10-7-11(10)16-20-12-5-3-4-6-14(12)22(16)2;1-10(12(16)14-11(2)15(6)7)17-18(8,9)13(3,4)5;1-2(3)4/h6-9,11-12,15-16H,10H2,1-5H3;5-8,10-11,14-15,29H,9H2,1-4H3;3-6,8,10-11H,7,17H2,1-2H3,(H,18,19,21);10H,1-9H3;1H3,(H,3,4)/t15?,16-;11-,14?,15+;10?,11-;10-;/m1010./s1. The highest BCUT2D eigenvalue weighted by molar-refractivity contribution is 6.74. The van der Waals surface area contributed by atoms with Gasteiger partial charge in [-0.05, 0) is 129 Å². The van der Waals surface area contributed by atoms with E-state index in [-0.39, 0.29) is 16.9 Å². The first-order valence-electron chi connectivity index (χ1n) is 34.6. The van der Waals surface area contributed by atoms with E-state index >= 15 is 0 Å². The van der Waals surface area contributed by atoms with Crippen LogP contribution in [-0.4, -0.2) is 149 Å². The van der Waals surface area contributed by atoms with Crippen LogP contribution >= 0.6 is 0 Å². The Bertz CT molecular complexity index is 4690. The number of aliphatic hydroxyl groups excluding tert-OH is 1. The summed E-state index contributed by atoms with van der Waals surface area (Å²) in [6.07, 6.45) is 1.93. The van der Waals surface area contributed by atoms with Gasteiger partial charge in [-0.2, -0.15) is 14.4 Å². The molecule has 3 aliphatic carbocycles. The van der Waals surface area contributed by atoms with Crippen molar-refractivity contribution in [3.05, 3.63) is 166 Å². The number of hydrazine groups is 1. The second-order valence-corrected chi connectivity index (χ2v) is 33.5. The average molecular weight is 1400 g/mol. The summed E-state index contributed by atoms with van der Waals surface area (Å²) in [5.74, 6) is 18.0. The highest BCUT2D eigenvalue weighted by atomic mass is 28.4. The zero-order valence-electron chi connectivity index (χ0n) is 62.6. The fourth-order valence-corrected chi connectivity index (χ4v) is 13.7. The number of aliphatic carboxylic acids is 1. The van der Waals surface area contributed by atoms with Crippen LogP contribution in [0.2, 0.25) is 18.1 Å². The van der Waals surface area contributed by atoms with Crippen molar-refractivity contribution < 1.29 is 24.2 Å². The molecule has 0 aliphatic heterocycles. The maximum absolute atomic E-state index is 11.9. The van der Waals surface area contributed by atoms with Gasteiger partial charge in [0, 0.05) is 102 Å². The molecule has 14 rings (SSSR count). The van der Waals surface area contributed by atoms with Crippen LogP contribution in [0.25, 0.3) is 44.7 Å². The molecule has 0 saturated heterocycles. The molecule has 3 saturated carbocycles. The van der Waals surface area contributed by atoms with Gasteiger partial charge in [0.15, 0.2) is 25.8 Å². The number of para-hydroxylation sites is 6. The topological polar surface area (TPSA) is 330 Å². The highest BCUT2D eigenvalue weighted by Gasteiger charge is 2.47. The number of carboxylic acid groups (broad SMARTS) is 1. The fourth-order valence-electron chi connectivity index (χ4n) is 12.4. The second-order valence-electron chi connectivity index (χ2n) is 28.8. The van der Waals surface area contributed by atoms with Gasteiger partial charge in [0.1, 0.15) is 76.3 Å². The number of rotatable bonds is 14. The van der Waals surface area contributed by atoms with Crippen molar-refractivity contribution >= 4 is 64.9 Å². The van der Waals surface area contributed by atoms with Gasteiger partial charge >= 0.3 is 0 Å². The number of nitrogens with one attached hydrogen (secondary N) is 1. The number of carbonyl (C=O) groups is 2. The number of amidine groups is 1. The highest BCUT2D eigenvalue weighted by Crippen LogP contribution is 2.56. The number of imidazole rings is 3. The summed E-state index contributed by atoms with van der Waals surface area (Å²) in [4.78, 5) is 77.7. The number of hydrogen-bond donors (Lipinski definition) is 4. The molecule has 538 valence electrons. The lowest BCUT2D eigenvalue weighted by atomic mass is 10.2. The Morgan fingerprint density at radius 3 is 1.28 bits per heavy atom. The number of hydrogen-bond acceptors (Lipinski definition) is 19. The molecule has 3 aromatic carbocycles. The minimum Gasteiger partial charge on any atom is -0.481 e. The van der Waals surface area contributed by atoms with Crippen molar-refractivity contribution in [3.63, 3.8) is 0 Å². The van der Waals surface area contributed by atoms with Gasteiger partial charge in [-0.1, -0.05) is 71.0 Å². The van der Waals surface area contributed by atoms with E-state index in [1.807, 2.05) is 107 Å². The van der Waals surface area contributed by atoms with Crippen molar-refractivity contribution in [1.82, 2.24) is 93.0 Å². The van der Waals surface area contributed by atoms with Gasteiger partial charge in [-0.25, -0.2) is 60.7 Å². The lowest BCUT2D eigenvalue weighted by molar-refractivity contribution is -0.134. The minimum absolute atomic E-state index is 0.0991. The lowest BCUT2D eigenvalue weighted by Crippen LogP contribution is -2.45. The predicted molar refractivity (Wildman–Crippen MR) is 397 cm³/mol. The third kappa shape index (κ3) is 17.0. The summed E-state index contributed by atoms with van der Waals surface area (Å²) in [6, 6.07) is 30.7. The van der Waals surface area contributed by atoms with Gasteiger partial charge < -0.3 is 38.7 Å². The Hall–Kier alpha value is -9.90. The minimum atomic E-state index is -1.91. The number of carboxylic acids is 1. The number of aliphatic imine (C=N–C) groups is 1. The largest absolute Gasteiger partial charge is 0.481 e. The van der Waals surface area contributed by atoms with Crippen LogP contribution in [0.1, 0.15) is 204 Å². The monoisotopic (exact) mass is 1400 g/mol. The van der Waals surface area contributed by atoms with Crippen LogP contribution in [0, 0.1) is 34.6 Å². The first-order chi connectivity index (χ1) is 48.1. The zero-order chi connectivity index (χ0) is 74.1. The molecule has 3 unspecified atom stereocenters. The molecule has 1 amide bonds. The van der Waals surface area contributed by atoms with Crippen molar-refractivity contribution in [3.8, 4) is 11.6 Å². The first-order valence-corrected chi connectivity index (χ1v) is 37.5. The number of nitrogens with two attached hydrogens (primary N) is 1. The summed E-state index contributed by atoms with van der Waals surface area (Å²) in [5.41, 5.74) is 12.3. The van der Waals surface area contributed by atoms with Crippen LogP contribution in [0.3, 0.4) is 0 Å². The smallest absolute Gasteiger partial charge is 0.300 e. The molecular weight excluding hydrogens is 1310 g/mol. The Kier molecular flexibility index (Phi) is 22.2. The van der Waals surface area contributed by atoms with Crippen molar-refractivity contribution in [2.75, 3.05) is 19.5 Å². The number of amides is 1. The number of anilines is 1. The number of aliphatic hydroxyl groups is 1. The molecule has 0 radical (unpaired) electrons. The van der Waals surface area contributed by atoms with Crippen LogP contribution < -0.4 is 11.3 Å². The second kappa shape index (κ2) is 30.3. The van der Waals surface area contributed by atoms with E-state index < -0.39 is 26.5 Å². The molecule has 5 N–H and O–H groups in total. The quantitative estimate of drug-likeness (QED) is 0.0258. The molecule has 0 spiro atoms. The Morgan fingerprint density at radius 1 is 0.569 bits per heavy atom. The van der Waals surface area contributed by atoms with E-state index in [9.17, 15) is 9.90 Å². The maximum atomic E-state index is 11.9. The molecule has 8 atom stereocenters. The number of benzene rings is 3. The Morgan fingerprint density at radius 2 is 0.931 bits per heavy atom. The molecule has 27 nitrogen and oxygen atoms in total. The van der Waals surface area contributed by atoms with Crippen LogP contribution in [0.5, 0.6) is 0 Å². The summed E-state index contributed by atoms with van der Waals surface area (Å²) >= 11 is 0. The Balaban J connectivity index is 0.000000146. The van der Waals surface area contributed by atoms with Gasteiger partial charge in [0.25, 0.3) is 11.9 Å². The van der Waals surface area contributed by atoms with Crippen LogP contribution in [0.4, 0.5) is 5.82 Å². The van der Waals surface area contributed by atoms with Crippen LogP contribution in [0.15, 0.2) is 96.0 Å². The maximum Gasteiger partial charge on any atom is 0.300 e. The number of nitrogens with zero attached hydrogens (tertiary/aromatic N) is 20. The number of aryl methyl sites for hydroxylation is 8. The van der Waals surface area contributed by atoms with Crippen molar-refractivity contribution in [1.29, 1.82) is 0 Å². The third-order valence-corrected chi connectivity index (χ3v) is 23.6. The molecular formula is C74H98N22O5Si. The molecule has 8 aromatic heterocycles. The molecule has 11 aromatic rings. The number of aromatic nitrogens is 18. The van der Waals surface area contributed by atoms with E-state index in [4.69, 9.17) is 40.1 Å². The van der Waals surface area contributed by atoms with E-state index in [1.165, 1.54) is 11.0 Å². The Labute approximate surface area is 596 Å². The molecule has 3 aliphatic rings. The summed E-state index contributed by atoms with van der Waals surface area (Å²) in [5, 5.41) is 26.6. The predicted octanol–water partition coefficient (Wildman–Crippen LogP) is 12.1. The lowest BCUT2D eigenvalue weighted by Gasteiger charge is -2.37. The third-order valence-electron chi connectivity index (χ3n) is 19.0. The van der Waals surface area contributed by atoms with E-state index in [0.29, 0.717) is 70.5 Å². The molecule has 8 heterocycles. The molecule has 0 bridgehead atoms. The normalized spacial score (nSPS) is 18.3. The zero-order valence-corrected chi connectivity index (χ0v) is 63.6. The number of nitrogen functional groups attached to an aromatic ring is 1. The summed E-state index contributed by atoms with van der Waals surface area (Å²) in [6.45, 7) is 30.8. The van der Waals surface area contributed by atoms with Gasteiger partial charge in [0.05, 0.1) is 50.2 Å². The van der Waals surface area contributed by atoms with Gasteiger partial charge in [-0.3, -0.25) is 9.59 Å². The summed E-state index contributed by atoms with van der Waals surface area (Å²) in [7, 11) is 8.08. The number of fused-ring (bicyclic) bond motifs is 3. The first kappa shape index (κ1) is 74.8. The molecule has 3 fully saturated rings. The number of carbonyl (C=O) groups excluding carboxylic acids is 1. The SMILES string of the molecule is CC(=NC(=O)[C@H](C)O[Si](C)(C)C(C)(C)C)N(C)C.CC(=O)O.Cc1nc(C2C[C@H]2c2nc3ccccc3n2C)cc(-n2nc(C)nc2C(C)C)n1.Cc1nc(C2C[C@H]2c2nc3ccccc3n2C)cc(-n2nc(C)nc2[C@H](C)O)n1.Cc1nc(NN)cc(C2C[C@H]2c2nc3ccccc3n2C)n1. The van der Waals surface area contributed by atoms with E-state index in [0.717, 1.165) is 112 Å².